The van der Waals surface area contributed by atoms with Crippen LogP contribution in [0.3, 0.4) is 0 Å². The number of halogens is 1. The summed E-state index contributed by atoms with van der Waals surface area (Å²) in [6.45, 7) is 4.04. The molecule has 2 aromatic rings. The van der Waals surface area contributed by atoms with Crippen molar-refractivity contribution in [3.05, 3.63) is 64.7 Å². The Labute approximate surface area is 171 Å². The van der Waals surface area contributed by atoms with Crippen LogP contribution in [0.25, 0.3) is 0 Å². The van der Waals surface area contributed by atoms with Gasteiger partial charge < -0.3 is 10.2 Å². The highest BCUT2D eigenvalue weighted by Crippen LogP contribution is 2.20. The zero-order chi connectivity index (χ0) is 20.1. The average molecular weight is 422 g/mol. The molecule has 0 aromatic heterocycles. The van der Waals surface area contributed by atoms with Gasteiger partial charge in [-0.15, -0.1) is 0 Å². The molecular weight excluding hydrogens is 398 g/mol. The van der Waals surface area contributed by atoms with Crippen molar-refractivity contribution in [2.75, 3.05) is 43.4 Å². The number of hydrogen-bond acceptors (Lipinski definition) is 4. The highest BCUT2D eigenvalue weighted by Gasteiger charge is 2.27. The van der Waals surface area contributed by atoms with E-state index in [0.29, 0.717) is 36.8 Å². The van der Waals surface area contributed by atoms with Crippen LogP contribution in [0, 0.1) is 6.92 Å². The molecule has 1 aliphatic rings. The lowest BCUT2D eigenvalue weighted by molar-refractivity contribution is 0.0955. The Hall–Kier alpha value is -2.09. The smallest absolute Gasteiger partial charge is 0.251 e. The van der Waals surface area contributed by atoms with E-state index in [2.05, 4.69) is 10.2 Å². The van der Waals surface area contributed by atoms with Gasteiger partial charge in [-0.1, -0.05) is 29.8 Å². The molecule has 28 heavy (non-hydrogen) atoms. The minimum atomic E-state index is -3.41. The van der Waals surface area contributed by atoms with Crippen LogP contribution in [0.5, 0.6) is 0 Å². The summed E-state index contributed by atoms with van der Waals surface area (Å²) in [4.78, 5) is 14.4. The third kappa shape index (κ3) is 5.04. The zero-order valence-electron chi connectivity index (χ0n) is 15.8. The van der Waals surface area contributed by atoms with E-state index in [0.717, 1.165) is 11.3 Å². The first-order valence-corrected chi connectivity index (χ1v) is 11.2. The summed E-state index contributed by atoms with van der Waals surface area (Å²) in [6, 6.07) is 14.8. The minimum Gasteiger partial charge on any atom is -0.369 e. The number of piperazine rings is 1. The topological polar surface area (TPSA) is 69.7 Å². The van der Waals surface area contributed by atoms with Crippen LogP contribution in [0.15, 0.2) is 48.5 Å². The molecule has 0 radical (unpaired) electrons. The van der Waals surface area contributed by atoms with Gasteiger partial charge in [0.1, 0.15) is 0 Å². The summed E-state index contributed by atoms with van der Waals surface area (Å²) in [5.41, 5.74) is 2.46. The molecule has 1 amide bonds. The molecule has 0 spiro atoms. The number of anilines is 1. The predicted molar refractivity (Wildman–Crippen MR) is 113 cm³/mol. The fraction of sp³-hybridized carbons (Fsp3) is 0.350. The number of hydrogen-bond donors (Lipinski definition) is 1. The van der Waals surface area contributed by atoms with Crippen molar-refractivity contribution in [3.63, 3.8) is 0 Å². The van der Waals surface area contributed by atoms with Crippen molar-refractivity contribution >= 4 is 33.2 Å². The van der Waals surface area contributed by atoms with Gasteiger partial charge in [0, 0.05) is 49.0 Å². The Morgan fingerprint density at radius 3 is 2.32 bits per heavy atom. The summed E-state index contributed by atoms with van der Waals surface area (Å²) < 4.78 is 26.7. The van der Waals surface area contributed by atoms with Crippen molar-refractivity contribution in [2.24, 2.45) is 0 Å². The number of carbonyl (C=O) groups is 1. The second kappa shape index (κ2) is 8.94. The average Bonchev–Trinajstić information content (AvgIpc) is 2.69. The fourth-order valence-corrected chi connectivity index (χ4v) is 4.69. The molecule has 150 valence electrons. The van der Waals surface area contributed by atoms with Crippen LogP contribution in [-0.4, -0.2) is 57.1 Å². The molecule has 1 fully saturated rings. The summed E-state index contributed by atoms with van der Waals surface area (Å²) in [5.74, 6) is -0.355. The second-order valence-corrected chi connectivity index (χ2v) is 9.27. The molecule has 0 unspecified atom stereocenters. The Balaban J connectivity index is 1.49. The molecule has 1 N–H and O–H groups in total. The first-order chi connectivity index (χ1) is 13.4. The van der Waals surface area contributed by atoms with Gasteiger partial charge in [0.15, 0.2) is 0 Å². The second-order valence-electron chi connectivity index (χ2n) is 6.75. The van der Waals surface area contributed by atoms with E-state index in [1.807, 2.05) is 43.3 Å². The van der Waals surface area contributed by atoms with E-state index in [9.17, 15) is 13.2 Å². The molecule has 1 heterocycles. The maximum atomic E-state index is 12.6. The van der Waals surface area contributed by atoms with Crippen molar-refractivity contribution in [2.45, 2.75) is 6.92 Å². The Bertz CT molecular complexity index is 924. The quantitative estimate of drug-likeness (QED) is 0.778. The first kappa shape index (κ1) is 20.6. The summed E-state index contributed by atoms with van der Waals surface area (Å²) in [6.07, 6.45) is 0. The van der Waals surface area contributed by atoms with Gasteiger partial charge in [0.2, 0.25) is 10.0 Å². The Kier molecular flexibility index (Phi) is 6.59. The highest BCUT2D eigenvalue weighted by molar-refractivity contribution is 7.89. The van der Waals surface area contributed by atoms with E-state index in [-0.39, 0.29) is 18.2 Å². The molecule has 8 heteroatoms. The Morgan fingerprint density at radius 1 is 1.04 bits per heavy atom. The van der Waals surface area contributed by atoms with Crippen LogP contribution in [0.2, 0.25) is 5.02 Å². The predicted octanol–water partition coefficient (Wildman–Crippen LogP) is 2.53. The fourth-order valence-electron chi connectivity index (χ4n) is 3.22. The first-order valence-electron chi connectivity index (χ1n) is 9.19. The molecule has 1 saturated heterocycles. The van der Waals surface area contributed by atoms with Gasteiger partial charge in [0.25, 0.3) is 5.91 Å². The number of amides is 1. The zero-order valence-corrected chi connectivity index (χ0v) is 17.3. The molecule has 3 rings (SSSR count). The van der Waals surface area contributed by atoms with E-state index in [1.165, 1.54) is 4.31 Å². The van der Waals surface area contributed by atoms with Crippen molar-refractivity contribution in [3.8, 4) is 0 Å². The van der Waals surface area contributed by atoms with Crippen LogP contribution < -0.4 is 10.2 Å². The number of aryl methyl sites for hydroxylation is 1. The van der Waals surface area contributed by atoms with Gasteiger partial charge in [-0.2, -0.15) is 4.31 Å². The molecule has 0 atom stereocenters. The summed E-state index contributed by atoms with van der Waals surface area (Å²) in [7, 11) is -3.41. The molecule has 6 nitrogen and oxygen atoms in total. The number of benzene rings is 2. The monoisotopic (exact) mass is 421 g/mol. The van der Waals surface area contributed by atoms with E-state index in [1.54, 1.807) is 12.1 Å². The summed E-state index contributed by atoms with van der Waals surface area (Å²) >= 11 is 5.92. The maximum absolute atomic E-state index is 12.6. The van der Waals surface area contributed by atoms with Gasteiger partial charge in [0.05, 0.1) is 5.75 Å². The van der Waals surface area contributed by atoms with Crippen LogP contribution in [0.1, 0.15) is 15.9 Å². The van der Waals surface area contributed by atoms with Crippen molar-refractivity contribution in [1.29, 1.82) is 0 Å². The third-order valence-electron chi connectivity index (χ3n) is 4.86. The lowest BCUT2D eigenvalue weighted by Gasteiger charge is -2.35. The highest BCUT2D eigenvalue weighted by atomic mass is 35.5. The lowest BCUT2D eigenvalue weighted by Crippen LogP contribution is -2.50. The molecule has 0 bridgehead atoms. The van der Waals surface area contributed by atoms with E-state index < -0.39 is 10.0 Å². The molecule has 2 aromatic carbocycles. The van der Waals surface area contributed by atoms with Gasteiger partial charge in [-0.25, -0.2) is 8.42 Å². The maximum Gasteiger partial charge on any atom is 0.251 e. The largest absolute Gasteiger partial charge is 0.369 e. The molecule has 1 aliphatic heterocycles. The van der Waals surface area contributed by atoms with Crippen molar-refractivity contribution in [1.82, 2.24) is 9.62 Å². The number of sulfonamides is 1. The third-order valence-corrected chi connectivity index (χ3v) is 6.98. The van der Waals surface area contributed by atoms with Crippen LogP contribution in [-0.2, 0) is 10.0 Å². The van der Waals surface area contributed by atoms with Crippen LogP contribution >= 0.6 is 11.6 Å². The van der Waals surface area contributed by atoms with Gasteiger partial charge >= 0.3 is 0 Å². The number of carbonyl (C=O) groups excluding carboxylic acids is 1. The number of rotatable bonds is 6. The van der Waals surface area contributed by atoms with Gasteiger partial charge in [-0.3, -0.25) is 4.79 Å². The lowest BCUT2D eigenvalue weighted by atomic mass is 10.1. The van der Waals surface area contributed by atoms with Crippen LogP contribution in [0.4, 0.5) is 5.69 Å². The number of nitrogens with zero attached hydrogens (tertiary/aromatic N) is 2. The minimum absolute atomic E-state index is 0.0902. The van der Waals surface area contributed by atoms with Gasteiger partial charge in [-0.05, 0) is 42.8 Å². The van der Waals surface area contributed by atoms with E-state index in [4.69, 9.17) is 11.6 Å². The molecule has 0 saturated carbocycles. The normalized spacial score (nSPS) is 15.4. The standard InChI is InChI=1S/C20H24ClN3O3S/c1-16-4-2-3-5-19(16)20(25)22-10-15-28(26,27)24-13-11-23(12-14-24)18-8-6-17(21)7-9-18/h2-9H,10-15H2,1H3,(H,22,25). The van der Waals surface area contributed by atoms with E-state index >= 15 is 0 Å². The Morgan fingerprint density at radius 2 is 1.68 bits per heavy atom. The molecule has 0 aliphatic carbocycles. The molecular formula is C20H24ClN3O3S. The SMILES string of the molecule is Cc1ccccc1C(=O)NCCS(=O)(=O)N1CCN(c2ccc(Cl)cc2)CC1. The number of nitrogens with one attached hydrogen (secondary N) is 1. The summed E-state index contributed by atoms with van der Waals surface area (Å²) in [5, 5.41) is 3.39. The van der Waals surface area contributed by atoms with Crippen molar-refractivity contribution < 1.29 is 13.2 Å².